The van der Waals surface area contributed by atoms with E-state index in [0.717, 1.165) is 17.0 Å². The summed E-state index contributed by atoms with van der Waals surface area (Å²) in [4.78, 5) is 0. The third kappa shape index (κ3) is 1.95. The Bertz CT molecular complexity index is 459. The van der Waals surface area contributed by atoms with Crippen molar-refractivity contribution in [1.29, 1.82) is 0 Å². The molecule has 84 valence electrons. The van der Waals surface area contributed by atoms with Gasteiger partial charge in [-0.15, -0.1) is 0 Å². The summed E-state index contributed by atoms with van der Waals surface area (Å²) in [5.74, 6) is 0.794. The highest BCUT2D eigenvalue weighted by atomic mass is 16.5. The van der Waals surface area contributed by atoms with E-state index in [-0.39, 0.29) is 0 Å². The number of benzene rings is 1. The smallest absolute Gasteiger partial charge is 0.119 e. The second-order valence-electron chi connectivity index (χ2n) is 3.72. The summed E-state index contributed by atoms with van der Waals surface area (Å²) in [5.41, 5.74) is 1.74. The van der Waals surface area contributed by atoms with E-state index in [0.29, 0.717) is 0 Å². The Morgan fingerprint density at radius 2 is 1.88 bits per heavy atom. The molecule has 0 aliphatic heterocycles. The number of aliphatic hydroxyl groups excluding tert-OH is 1. The molecule has 2 aromatic rings. The molecular weight excluding hydrogens is 202 g/mol. The number of nitrogens with zero attached hydrogens (tertiary/aromatic N) is 1. The zero-order valence-corrected chi connectivity index (χ0v) is 9.42. The highest BCUT2D eigenvalue weighted by Gasteiger charge is 2.12. The molecule has 0 saturated carbocycles. The van der Waals surface area contributed by atoms with Crippen LogP contribution < -0.4 is 4.74 Å². The van der Waals surface area contributed by atoms with E-state index < -0.39 is 6.10 Å². The van der Waals surface area contributed by atoms with Gasteiger partial charge >= 0.3 is 0 Å². The lowest BCUT2D eigenvalue weighted by Crippen LogP contribution is -2.04. The Labute approximate surface area is 94.9 Å². The molecule has 3 nitrogen and oxygen atoms in total. The van der Waals surface area contributed by atoms with Crippen LogP contribution in [0.25, 0.3) is 0 Å². The predicted molar refractivity (Wildman–Crippen MR) is 62.5 cm³/mol. The first-order valence-corrected chi connectivity index (χ1v) is 5.15. The molecule has 0 aliphatic rings. The fourth-order valence-corrected chi connectivity index (χ4v) is 1.72. The van der Waals surface area contributed by atoms with Gasteiger partial charge in [-0.1, -0.05) is 12.1 Å². The van der Waals surface area contributed by atoms with Crippen LogP contribution >= 0.6 is 0 Å². The SMILES string of the molecule is COc1ccc(C(O)c2cccn2C)cc1. The van der Waals surface area contributed by atoms with Crippen LogP contribution in [0.4, 0.5) is 0 Å². The highest BCUT2D eigenvalue weighted by Crippen LogP contribution is 2.23. The fraction of sp³-hybridized carbons (Fsp3) is 0.231. The lowest BCUT2D eigenvalue weighted by Gasteiger charge is -2.12. The molecule has 16 heavy (non-hydrogen) atoms. The summed E-state index contributed by atoms with van der Waals surface area (Å²) in [7, 11) is 3.55. The van der Waals surface area contributed by atoms with E-state index in [2.05, 4.69) is 0 Å². The molecule has 1 N–H and O–H groups in total. The van der Waals surface area contributed by atoms with Gasteiger partial charge in [0.2, 0.25) is 0 Å². The Morgan fingerprint density at radius 1 is 1.19 bits per heavy atom. The minimum absolute atomic E-state index is 0.592. The van der Waals surface area contributed by atoms with E-state index in [1.54, 1.807) is 7.11 Å². The Morgan fingerprint density at radius 3 is 2.38 bits per heavy atom. The van der Waals surface area contributed by atoms with Gasteiger partial charge in [0.1, 0.15) is 11.9 Å². The standard InChI is InChI=1S/C13H15NO2/c1-14-9-3-4-12(14)13(15)10-5-7-11(16-2)8-6-10/h3-9,13,15H,1-2H3. The van der Waals surface area contributed by atoms with Gasteiger partial charge in [-0.3, -0.25) is 0 Å². The summed E-state index contributed by atoms with van der Waals surface area (Å²) in [5, 5.41) is 10.2. The molecule has 1 aromatic heterocycles. The Hall–Kier alpha value is -1.74. The van der Waals surface area contributed by atoms with Crippen molar-refractivity contribution in [3.8, 4) is 5.75 Å². The maximum absolute atomic E-state index is 10.2. The quantitative estimate of drug-likeness (QED) is 0.854. The third-order valence-corrected chi connectivity index (χ3v) is 2.70. The van der Waals surface area contributed by atoms with Crippen LogP contribution in [0.3, 0.4) is 0 Å². The topological polar surface area (TPSA) is 34.4 Å². The lowest BCUT2D eigenvalue weighted by molar-refractivity contribution is 0.211. The molecule has 0 saturated heterocycles. The summed E-state index contributed by atoms with van der Waals surface area (Å²) in [6.07, 6.45) is 1.33. The fourth-order valence-electron chi connectivity index (χ4n) is 1.72. The van der Waals surface area contributed by atoms with Gasteiger partial charge in [-0.25, -0.2) is 0 Å². The summed E-state index contributed by atoms with van der Waals surface area (Å²) >= 11 is 0. The summed E-state index contributed by atoms with van der Waals surface area (Å²) in [6.45, 7) is 0. The van der Waals surface area contributed by atoms with E-state index in [9.17, 15) is 5.11 Å². The molecule has 2 rings (SSSR count). The largest absolute Gasteiger partial charge is 0.497 e. The molecule has 0 radical (unpaired) electrons. The number of rotatable bonds is 3. The first-order valence-electron chi connectivity index (χ1n) is 5.15. The van der Waals surface area contributed by atoms with Gasteiger partial charge in [0, 0.05) is 13.2 Å². The Kier molecular flexibility index (Phi) is 2.97. The Balaban J connectivity index is 2.27. The number of hydrogen-bond donors (Lipinski definition) is 1. The average Bonchev–Trinajstić information content (AvgIpc) is 2.75. The maximum Gasteiger partial charge on any atom is 0.119 e. The lowest BCUT2D eigenvalue weighted by atomic mass is 10.1. The van der Waals surface area contributed by atoms with Crippen molar-refractivity contribution < 1.29 is 9.84 Å². The molecule has 0 fully saturated rings. The van der Waals surface area contributed by atoms with Gasteiger partial charge in [0.05, 0.1) is 12.8 Å². The molecule has 1 aromatic carbocycles. The molecule has 0 bridgehead atoms. The van der Waals surface area contributed by atoms with Crippen molar-refractivity contribution >= 4 is 0 Å². The van der Waals surface area contributed by atoms with Crippen LogP contribution in [-0.4, -0.2) is 16.8 Å². The molecular formula is C13H15NO2. The molecule has 0 aliphatic carbocycles. The van der Waals surface area contributed by atoms with Crippen LogP contribution in [0.1, 0.15) is 17.4 Å². The van der Waals surface area contributed by atoms with Gasteiger partial charge in [0.25, 0.3) is 0 Å². The van der Waals surface area contributed by atoms with Gasteiger partial charge < -0.3 is 14.4 Å². The number of aliphatic hydroxyl groups is 1. The van der Waals surface area contributed by atoms with E-state index >= 15 is 0 Å². The van der Waals surface area contributed by atoms with Crippen LogP contribution in [0, 0.1) is 0 Å². The van der Waals surface area contributed by atoms with E-state index in [1.165, 1.54) is 0 Å². The van der Waals surface area contributed by atoms with Crippen molar-refractivity contribution in [2.24, 2.45) is 7.05 Å². The van der Waals surface area contributed by atoms with Crippen molar-refractivity contribution in [1.82, 2.24) is 4.57 Å². The van der Waals surface area contributed by atoms with Gasteiger partial charge in [0.15, 0.2) is 0 Å². The second kappa shape index (κ2) is 4.41. The summed E-state index contributed by atoms with van der Waals surface area (Å²) < 4.78 is 6.99. The molecule has 0 spiro atoms. The zero-order chi connectivity index (χ0) is 11.5. The first kappa shape index (κ1) is 10.8. The first-order chi connectivity index (χ1) is 7.72. The normalized spacial score (nSPS) is 12.4. The van der Waals surface area contributed by atoms with Crippen LogP contribution in [-0.2, 0) is 7.05 Å². The van der Waals surface area contributed by atoms with E-state index in [4.69, 9.17) is 4.74 Å². The predicted octanol–water partition coefficient (Wildman–Crippen LogP) is 2.12. The second-order valence-corrected chi connectivity index (χ2v) is 3.72. The number of aromatic nitrogens is 1. The molecule has 0 amide bonds. The van der Waals surface area contributed by atoms with Crippen LogP contribution in [0.2, 0.25) is 0 Å². The number of ether oxygens (including phenoxy) is 1. The summed E-state index contributed by atoms with van der Waals surface area (Å²) in [6, 6.07) is 11.3. The maximum atomic E-state index is 10.2. The number of methoxy groups -OCH3 is 1. The molecule has 1 atom stereocenters. The zero-order valence-electron chi connectivity index (χ0n) is 9.42. The van der Waals surface area contributed by atoms with Crippen LogP contribution in [0.5, 0.6) is 5.75 Å². The monoisotopic (exact) mass is 217 g/mol. The number of aryl methyl sites for hydroxylation is 1. The van der Waals surface area contributed by atoms with Crippen molar-refractivity contribution in [3.63, 3.8) is 0 Å². The van der Waals surface area contributed by atoms with E-state index in [1.807, 2.05) is 54.2 Å². The minimum atomic E-state index is -0.592. The van der Waals surface area contributed by atoms with Crippen molar-refractivity contribution in [3.05, 3.63) is 53.9 Å². The molecule has 3 heteroatoms. The molecule has 1 unspecified atom stereocenters. The minimum Gasteiger partial charge on any atom is -0.497 e. The van der Waals surface area contributed by atoms with Gasteiger partial charge in [-0.05, 0) is 29.8 Å². The highest BCUT2D eigenvalue weighted by molar-refractivity contribution is 5.32. The third-order valence-electron chi connectivity index (χ3n) is 2.70. The molecule has 1 heterocycles. The average molecular weight is 217 g/mol. The van der Waals surface area contributed by atoms with Crippen molar-refractivity contribution in [2.45, 2.75) is 6.10 Å². The van der Waals surface area contributed by atoms with Gasteiger partial charge in [-0.2, -0.15) is 0 Å². The number of hydrogen-bond acceptors (Lipinski definition) is 2. The van der Waals surface area contributed by atoms with Crippen molar-refractivity contribution in [2.75, 3.05) is 7.11 Å². The van der Waals surface area contributed by atoms with Crippen LogP contribution in [0.15, 0.2) is 42.6 Å².